The third-order valence-electron chi connectivity index (χ3n) is 4.68. The SMILES string of the molecule is CN1CCN(C(=O)C2(N)CCCC2)Cc2ccccc21. The zero-order valence-electron chi connectivity index (χ0n) is 12.1. The number of carbonyl (C=O) groups excluding carboxylic acids is 1. The van der Waals surface area contributed by atoms with Gasteiger partial charge >= 0.3 is 0 Å². The quantitative estimate of drug-likeness (QED) is 0.848. The van der Waals surface area contributed by atoms with Crippen LogP contribution in [0.25, 0.3) is 0 Å². The highest BCUT2D eigenvalue weighted by atomic mass is 16.2. The molecule has 0 atom stereocenters. The molecule has 0 aromatic heterocycles. The van der Waals surface area contributed by atoms with Gasteiger partial charge in [-0.25, -0.2) is 0 Å². The first-order chi connectivity index (χ1) is 9.60. The first-order valence-electron chi connectivity index (χ1n) is 7.47. The van der Waals surface area contributed by atoms with Crippen LogP contribution in [0, 0.1) is 0 Å². The van der Waals surface area contributed by atoms with Crippen LogP contribution in [-0.2, 0) is 11.3 Å². The van der Waals surface area contributed by atoms with Gasteiger partial charge in [-0.05, 0) is 24.5 Å². The summed E-state index contributed by atoms with van der Waals surface area (Å²) in [7, 11) is 2.08. The summed E-state index contributed by atoms with van der Waals surface area (Å²) >= 11 is 0. The molecular weight excluding hydrogens is 250 g/mol. The summed E-state index contributed by atoms with van der Waals surface area (Å²) in [4.78, 5) is 16.9. The predicted octanol–water partition coefficient (Wildman–Crippen LogP) is 1.74. The van der Waals surface area contributed by atoms with Crippen molar-refractivity contribution in [3.63, 3.8) is 0 Å². The zero-order chi connectivity index (χ0) is 14.2. The van der Waals surface area contributed by atoms with Crippen LogP contribution in [0.5, 0.6) is 0 Å². The fourth-order valence-corrected chi connectivity index (χ4v) is 3.40. The average molecular weight is 273 g/mol. The third kappa shape index (κ3) is 2.29. The van der Waals surface area contributed by atoms with Crippen LogP contribution in [0.15, 0.2) is 24.3 Å². The van der Waals surface area contributed by atoms with E-state index >= 15 is 0 Å². The van der Waals surface area contributed by atoms with E-state index in [1.54, 1.807) is 0 Å². The standard InChI is InChI=1S/C16H23N3O/c1-18-10-11-19(12-13-6-2-3-7-14(13)18)15(20)16(17)8-4-5-9-16/h2-3,6-7H,4-5,8-12,17H2,1H3. The molecule has 0 saturated heterocycles. The number of hydrogen-bond acceptors (Lipinski definition) is 3. The van der Waals surface area contributed by atoms with E-state index in [0.717, 1.165) is 38.8 Å². The van der Waals surface area contributed by atoms with Crippen molar-refractivity contribution in [2.24, 2.45) is 5.73 Å². The Bertz CT molecular complexity index is 508. The molecule has 0 radical (unpaired) electrons. The van der Waals surface area contributed by atoms with Crippen LogP contribution >= 0.6 is 0 Å². The maximum absolute atomic E-state index is 12.8. The van der Waals surface area contributed by atoms with Gasteiger partial charge < -0.3 is 15.5 Å². The first-order valence-corrected chi connectivity index (χ1v) is 7.47. The summed E-state index contributed by atoms with van der Waals surface area (Å²) < 4.78 is 0. The molecule has 108 valence electrons. The molecule has 1 amide bonds. The van der Waals surface area contributed by atoms with Crippen LogP contribution in [0.1, 0.15) is 31.2 Å². The van der Waals surface area contributed by atoms with Crippen LogP contribution in [0.3, 0.4) is 0 Å². The van der Waals surface area contributed by atoms with Gasteiger partial charge in [0.1, 0.15) is 0 Å². The predicted molar refractivity (Wildman–Crippen MR) is 80.5 cm³/mol. The monoisotopic (exact) mass is 273 g/mol. The lowest BCUT2D eigenvalue weighted by molar-refractivity contribution is -0.137. The highest BCUT2D eigenvalue weighted by molar-refractivity contribution is 5.86. The van der Waals surface area contributed by atoms with Gasteiger partial charge in [0.05, 0.1) is 5.54 Å². The van der Waals surface area contributed by atoms with E-state index in [9.17, 15) is 4.79 Å². The topological polar surface area (TPSA) is 49.6 Å². The van der Waals surface area contributed by atoms with E-state index in [4.69, 9.17) is 5.73 Å². The normalized spacial score (nSPS) is 21.5. The summed E-state index contributed by atoms with van der Waals surface area (Å²) in [6, 6.07) is 8.31. The Morgan fingerprint density at radius 3 is 2.65 bits per heavy atom. The van der Waals surface area contributed by atoms with E-state index in [2.05, 4.69) is 24.1 Å². The van der Waals surface area contributed by atoms with Gasteiger partial charge in [-0.15, -0.1) is 0 Å². The number of nitrogens with two attached hydrogens (primary N) is 1. The number of anilines is 1. The number of para-hydroxylation sites is 1. The Kier molecular flexibility index (Phi) is 3.42. The average Bonchev–Trinajstić information content (AvgIpc) is 2.83. The number of hydrogen-bond donors (Lipinski definition) is 1. The fraction of sp³-hybridized carbons (Fsp3) is 0.562. The van der Waals surface area contributed by atoms with Crippen LogP contribution in [-0.4, -0.2) is 36.5 Å². The van der Waals surface area contributed by atoms with Crippen molar-refractivity contribution in [3.05, 3.63) is 29.8 Å². The number of nitrogens with zero attached hydrogens (tertiary/aromatic N) is 2. The van der Waals surface area contributed by atoms with E-state index in [0.29, 0.717) is 6.54 Å². The molecule has 2 aliphatic rings. The van der Waals surface area contributed by atoms with Gasteiger partial charge in [-0.1, -0.05) is 31.0 Å². The van der Waals surface area contributed by atoms with Crippen molar-refractivity contribution >= 4 is 11.6 Å². The van der Waals surface area contributed by atoms with Gasteiger partial charge in [0, 0.05) is 32.4 Å². The molecule has 4 nitrogen and oxygen atoms in total. The second kappa shape index (κ2) is 5.09. The number of amides is 1. The Morgan fingerprint density at radius 2 is 1.90 bits per heavy atom. The molecule has 1 saturated carbocycles. The molecule has 4 heteroatoms. The van der Waals surface area contributed by atoms with E-state index in [1.807, 2.05) is 17.0 Å². The van der Waals surface area contributed by atoms with E-state index in [-0.39, 0.29) is 5.91 Å². The number of benzene rings is 1. The van der Waals surface area contributed by atoms with E-state index in [1.165, 1.54) is 11.3 Å². The minimum Gasteiger partial charge on any atom is -0.373 e. The summed E-state index contributed by atoms with van der Waals surface area (Å²) in [5.74, 6) is 0.139. The molecule has 2 N–H and O–H groups in total. The smallest absolute Gasteiger partial charge is 0.243 e. The third-order valence-corrected chi connectivity index (χ3v) is 4.68. The molecule has 1 aliphatic carbocycles. The maximum atomic E-state index is 12.8. The molecule has 1 fully saturated rings. The summed E-state index contributed by atoms with van der Waals surface area (Å²) in [6.07, 6.45) is 3.82. The molecule has 20 heavy (non-hydrogen) atoms. The number of carbonyl (C=O) groups is 1. The minimum absolute atomic E-state index is 0.139. The van der Waals surface area contributed by atoms with Crippen molar-refractivity contribution in [2.75, 3.05) is 25.0 Å². The number of fused-ring (bicyclic) bond motifs is 1. The van der Waals surface area contributed by atoms with Crippen molar-refractivity contribution in [1.82, 2.24) is 4.90 Å². The second-order valence-corrected chi connectivity index (χ2v) is 6.14. The van der Waals surface area contributed by atoms with Crippen molar-refractivity contribution in [2.45, 2.75) is 37.8 Å². The Hall–Kier alpha value is -1.55. The number of likely N-dealkylation sites (N-methyl/N-ethyl adjacent to an activating group) is 1. The summed E-state index contributed by atoms with van der Waals surface area (Å²) in [5.41, 5.74) is 8.15. The summed E-state index contributed by atoms with van der Waals surface area (Å²) in [5, 5.41) is 0. The minimum atomic E-state index is -0.613. The Morgan fingerprint density at radius 1 is 1.20 bits per heavy atom. The molecule has 1 heterocycles. The molecule has 0 bridgehead atoms. The lowest BCUT2D eigenvalue weighted by Gasteiger charge is -2.30. The van der Waals surface area contributed by atoms with Crippen molar-refractivity contribution in [3.8, 4) is 0 Å². The summed E-state index contributed by atoms with van der Waals surface area (Å²) in [6.45, 7) is 2.29. The number of rotatable bonds is 1. The highest BCUT2D eigenvalue weighted by Crippen LogP contribution is 2.31. The van der Waals surface area contributed by atoms with Gasteiger partial charge in [-0.2, -0.15) is 0 Å². The van der Waals surface area contributed by atoms with Crippen LogP contribution in [0.2, 0.25) is 0 Å². The Labute approximate surface area is 120 Å². The Balaban J connectivity index is 1.84. The molecular formula is C16H23N3O. The van der Waals surface area contributed by atoms with Crippen LogP contribution in [0.4, 0.5) is 5.69 Å². The van der Waals surface area contributed by atoms with E-state index < -0.39 is 5.54 Å². The van der Waals surface area contributed by atoms with Gasteiger partial charge in [-0.3, -0.25) is 4.79 Å². The maximum Gasteiger partial charge on any atom is 0.243 e. The largest absolute Gasteiger partial charge is 0.373 e. The van der Waals surface area contributed by atoms with Gasteiger partial charge in [0.2, 0.25) is 5.91 Å². The molecule has 1 aromatic rings. The molecule has 0 unspecified atom stereocenters. The lowest BCUT2D eigenvalue weighted by Crippen LogP contribution is -2.53. The molecule has 1 aliphatic heterocycles. The molecule has 1 aromatic carbocycles. The van der Waals surface area contributed by atoms with Gasteiger partial charge in [0.15, 0.2) is 0 Å². The van der Waals surface area contributed by atoms with Crippen molar-refractivity contribution < 1.29 is 4.79 Å². The highest BCUT2D eigenvalue weighted by Gasteiger charge is 2.40. The van der Waals surface area contributed by atoms with Crippen molar-refractivity contribution in [1.29, 1.82) is 0 Å². The molecule has 0 spiro atoms. The fourth-order valence-electron chi connectivity index (χ4n) is 3.40. The first kappa shape index (κ1) is 13.4. The van der Waals surface area contributed by atoms with Gasteiger partial charge in [0.25, 0.3) is 0 Å². The van der Waals surface area contributed by atoms with Crippen LogP contribution < -0.4 is 10.6 Å². The zero-order valence-corrected chi connectivity index (χ0v) is 12.1. The molecule has 3 rings (SSSR count). The lowest BCUT2D eigenvalue weighted by atomic mass is 9.97. The second-order valence-electron chi connectivity index (χ2n) is 6.14.